The maximum absolute atomic E-state index is 6.15. The van der Waals surface area contributed by atoms with Crippen molar-refractivity contribution >= 4 is 30.7 Å². The monoisotopic (exact) mass is 279 g/mol. The lowest BCUT2D eigenvalue weighted by Crippen LogP contribution is -2.26. The minimum atomic E-state index is -0.754. The molecule has 2 aromatic heterocycles. The van der Waals surface area contributed by atoms with Gasteiger partial charge in [0.15, 0.2) is 0 Å². The van der Waals surface area contributed by atoms with Gasteiger partial charge in [0.1, 0.15) is 4.83 Å². The molecule has 0 N–H and O–H groups in total. The fourth-order valence-electron chi connectivity index (χ4n) is 1.83. The van der Waals surface area contributed by atoms with E-state index in [-0.39, 0.29) is 11.5 Å². The molecule has 1 radical (unpaired) electrons. The molecule has 2 aromatic rings. The third kappa shape index (κ3) is 2.96. The SMILES string of the molecule is C[Si](C)OC(c1ccc2ncsc2n1)C(C)(C)C. The van der Waals surface area contributed by atoms with Crippen LogP contribution in [0.25, 0.3) is 10.3 Å². The summed E-state index contributed by atoms with van der Waals surface area (Å²) >= 11 is 1.58. The predicted molar refractivity (Wildman–Crippen MR) is 78.2 cm³/mol. The second kappa shape index (κ2) is 5.07. The molecule has 97 valence electrons. The molecule has 0 bridgehead atoms. The van der Waals surface area contributed by atoms with E-state index in [0.717, 1.165) is 16.0 Å². The van der Waals surface area contributed by atoms with Gasteiger partial charge in [0.05, 0.1) is 22.8 Å². The molecule has 0 saturated carbocycles. The van der Waals surface area contributed by atoms with Crippen molar-refractivity contribution in [3.8, 4) is 0 Å². The van der Waals surface area contributed by atoms with Crippen molar-refractivity contribution in [2.45, 2.75) is 40.0 Å². The number of hydrogen-bond acceptors (Lipinski definition) is 4. The standard InChI is InChI=1S/C13H19N2OSSi/c1-13(2,3)11(16-18(4)5)9-6-7-10-12(15-9)17-8-14-10/h6-8,11H,1-5H3. The van der Waals surface area contributed by atoms with Crippen LogP contribution in [0.3, 0.4) is 0 Å². The second-order valence-electron chi connectivity index (χ2n) is 5.68. The molecule has 0 fully saturated rings. The van der Waals surface area contributed by atoms with Crippen molar-refractivity contribution in [1.29, 1.82) is 0 Å². The van der Waals surface area contributed by atoms with Gasteiger partial charge < -0.3 is 4.43 Å². The van der Waals surface area contributed by atoms with Gasteiger partial charge in [-0.3, -0.25) is 0 Å². The molecule has 0 aromatic carbocycles. The van der Waals surface area contributed by atoms with Crippen LogP contribution < -0.4 is 0 Å². The zero-order valence-corrected chi connectivity index (χ0v) is 13.3. The van der Waals surface area contributed by atoms with Crippen molar-refractivity contribution in [2.24, 2.45) is 5.41 Å². The fourth-order valence-corrected chi connectivity index (χ4v) is 3.44. The van der Waals surface area contributed by atoms with Gasteiger partial charge in [-0.25, -0.2) is 9.97 Å². The summed E-state index contributed by atoms with van der Waals surface area (Å²) in [4.78, 5) is 9.96. The maximum atomic E-state index is 6.15. The van der Waals surface area contributed by atoms with Crippen LogP contribution in [0, 0.1) is 5.41 Å². The molecular formula is C13H19N2OSSi. The number of rotatable bonds is 3. The highest BCUT2D eigenvalue weighted by Gasteiger charge is 2.29. The van der Waals surface area contributed by atoms with Crippen LogP contribution in [0.4, 0.5) is 0 Å². The first-order valence-electron chi connectivity index (χ1n) is 6.05. The van der Waals surface area contributed by atoms with Crippen molar-refractivity contribution in [2.75, 3.05) is 0 Å². The van der Waals surface area contributed by atoms with Crippen molar-refractivity contribution in [3.05, 3.63) is 23.3 Å². The molecule has 2 rings (SSSR count). The fraction of sp³-hybridized carbons (Fsp3) is 0.538. The smallest absolute Gasteiger partial charge is 0.205 e. The van der Waals surface area contributed by atoms with Crippen LogP contribution in [0.15, 0.2) is 17.6 Å². The van der Waals surface area contributed by atoms with E-state index >= 15 is 0 Å². The summed E-state index contributed by atoms with van der Waals surface area (Å²) in [6.45, 7) is 10.9. The summed E-state index contributed by atoms with van der Waals surface area (Å²) in [5.74, 6) is 0. The Labute approximate surface area is 114 Å². The third-order valence-corrected chi connectivity index (χ3v) is 4.07. The van der Waals surface area contributed by atoms with Crippen LogP contribution in [-0.2, 0) is 4.43 Å². The molecule has 0 spiro atoms. The number of hydrogen-bond donors (Lipinski definition) is 0. The lowest BCUT2D eigenvalue weighted by molar-refractivity contribution is 0.0830. The topological polar surface area (TPSA) is 35.0 Å². The number of thiazole rings is 1. The summed E-state index contributed by atoms with van der Waals surface area (Å²) in [6.07, 6.45) is 0.0490. The van der Waals surface area contributed by atoms with E-state index in [1.165, 1.54) is 0 Å². The van der Waals surface area contributed by atoms with E-state index in [9.17, 15) is 0 Å². The molecule has 3 nitrogen and oxygen atoms in total. The first-order valence-corrected chi connectivity index (χ1v) is 9.33. The maximum Gasteiger partial charge on any atom is 0.205 e. The van der Waals surface area contributed by atoms with Gasteiger partial charge in [-0.05, 0) is 30.6 Å². The molecule has 0 aliphatic carbocycles. The van der Waals surface area contributed by atoms with Gasteiger partial charge >= 0.3 is 0 Å². The summed E-state index contributed by atoms with van der Waals surface area (Å²) in [7, 11) is -0.754. The largest absolute Gasteiger partial charge is 0.408 e. The zero-order valence-electron chi connectivity index (χ0n) is 11.5. The van der Waals surface area contributed by atoms with E-state index in [4.69, 9.17) is 9.41 Å². The molecule has 1 unspecified atom stereocenters. The summed E-state index contributed by atoms with van der Waals surface area (Å²) < 4.78 is 6.15. The van der Waals surface area contributed by atoms with Gasteiger partial charge in [-0.15, -0.1) is 11.3 Å². The van der Waals surface area contributed by atoms with E-state index in [0.29, 0.717) is 0 Å². The van der Waals surface area contributed by atoms with Gasteiger partial charge in [0, 0.05) is 0 Å². The van der Waals surface area contributed by atoms with E-state index in [2.05, 4.69) is 38.8 Å². The Morgan fingerprint density at radius 1 is 1.28 bits per heavy atom. The quantitative estimate of drug-likeness (QED) is 0.795. The van der Waals surface area contributed by atoms with Gasteiger partial charge in [0.25, 0.3) is 0 Å². The Morgan fingerprint density at radius 3 is 2.61 bits per heavy atom. The van der Waals surface area contributed by atoms with Crippen LogP contribution in [0.5, 0.6) is 0 Å². The minimum Gasteiger partial charge on any atom is -0.408 e. The van der Waals surface area contributed by atoms with Gasteiger partial charge in [-0.1, -0.05) is 20.8 Å². The lowest BCUT2D eigenvalue weighted by atomic mass is 9.87. The zero-order chi connectivity index (χ0) is 13.3. The van der Waals surface area contributed by atoms with Crippen LogP contribution in [0.2, 0.25) is 13.1 Å². The minimum absolute atomic E-state index is 0.0489. The molecule has 0 aliphatic rings. The average Bonchev–Trinajstić information content (AvgIpc) is 2.70. The van der Waals surface area contributed by atoms with E-state index in [1.54, 1.807) is 11.3 Å². The Morgan fingerprint density at radius 2 is 2.00 bits per heavy atom. The Hall–Kier alpha value is -0.783. The Kier molecular flexibility index (Phi) is 3.84. The van der Waals surface area contributed by atoms with Crippen molar-refractivity contribution < 1.29 is 4.43 Å². The summed E-state index contributed by atoms with van der Waals surface area (Å²) in [5.41, 5.74) is 3.87. The molecule has 0 amide bonds. The highest BCUT2D eigenvalue weighted by atomic mass is 32.1. The number of nitrogens with zero attached hydrogens (tertiary/aromatic N) is 2. The molecule has 0 saturated heterocycles. The van der Waals surface area contributed by atoms with Gasteiger partial charge in [-0.2, -0.15) is 0 Å². The molecule has 18 heavy (non-hydrogen) atoms. The van der Waals surface area contributed by atoms with Crippen LogP contribution >= 0.6 is 11.3 Å². The highest BCUT2D eigenvalue weighted by molar-refractivity contribution is 7.16. The predicted octanol–water partition coefficient (Wildman–Crippen LogP) is 4.05. The van der Waals surface area contributed by atoms with Crippen molar-refractivity contribution in [1.82, 2.24) is 9.97 Å². The number of aromatic nitrogens is 2. The third-order valence-electron chi connectivity index (χ3n) is 2.63. The Bertz CT molecular complexity index is 533. The van der Waals surface area contributed by atoms with Crippen molar-refractivity contribution in [3.63, 3.8) is 0 Å². The van der Waals surface area contributed by atoms with E-state index in [1.807, 2.05) is 17.6 Å². The first-order chi connectivity index (χ1) is 8.38. The molecule has 5 heteroatoms. The molecular weight excluding hydrogens is 260 g/mol. The number of pyridine rings is 1. The summed E-state index contributed by atoms with van der Waals surface area (Å²) in [6, 6.07) is 4.08. The highest BCUT2D eigenvalue weighted by Crippen LogP contribution is 2.36. The normalized spacial score (nSPS) is 14.3. The van der Waals surface area contributed by atoms with E-state index < -0.39 is 9.04 Å². The number of fused-ring (bicyclic) bond motifs is 1. The lowest BCUT2D eigenvalue weighted by Gasteiger charge is -2.31. The van der Waals surface area contributed by atoms with Crippen LogP contribution in [-0.4, -0.2) is 19.0 Å². The average molecular weight is 279 g/mol. The summed E-state index contributed by atoms with van der Waals surface area (Å²) in [5, 5.41) is 0. The Balaban J connectivity index is 2.40. The van der Waals surface area contributed by atoms with Crippen LogP contribution in [0.1, 0.15) is 32.6 Å². The molecule has 2 heterocycles. The molecule has 0 aliphatic heterocycles. The first kappa shape index (κ1) is 13.6. The molecule has 1 atom stereocenters. The second-order valence-corrected chi connectivity index (χ2v) is 8.57. The van der Waals surface area contributed by atoms with Gasteiger partial charge in [0.2, 0.25) is 9.04 Å².